The standard InChI is InChI=1S/C18H23N5O2/c1-23(2)15-12-17(22-21-13-15)19-10-11-20-18(24)9-6-14-4-7-16(25-3)8-5-14/h4-9,12-13H,10-11H2,1-3H3,(H,19,22)(H,20,24)/b9-6+. The van der Waals surface area contributed by atoms with Crippen LogP contribution in [0.15, 0.2) is 42.6 Å². The van der Waals surface area contributed by atoms with E-state index in [1.54, 1.807) is 19.4 Å². The number of nitrogens with zero attached hydrogens (tertiary/aromatic N) is 3. The van der Waals surface area contributed by atoms with Gasteiger partial charge >= 0.3 is 0 Å². The van der Waals surface area contributed by atoms with Crippen LogP contribution in [0.5, 0.6) is 5.75 Å². The van der Waals surface area contributed by atoms with Crippen molar-refractivity contribution in [1.29, 1.82) is 0 Å². The normalized spacial score (nSPS) is 10.5. The zero-order valence-electron chi connectivity index (χ0n) is 14.7. The Labute approximate surface area is 147 Å². The van der Waals surface area contributed by atoms with Crippen molar-refractivity contribution in [2.75, 3.05) is 44.5 Å². The highest BCUT2D eigenvalue weighted by Gasteiger charge is 2.00. The number of amides is 1. The Morgan fingerprint density at radius 1 is 1.24 bits per heavy atom. The molecular formula is C18H23N5O2. The van der Waals surface area contributed by atoms with Gasteiger partial charge in [-0.15, -0.1) is 5.10 Å². The van der Waals surface area contributed by atoms with Gasteiger partial charge in [0, 0.05) is 39.3 Å². The van der Waals surface area contributed by atoms with Crippen molar-refractivity contribution in [2.45, 2.75) is 0 Å². The van der Waals surface area contributed by atoms with Crippen LogP contribution in [0.25, 0.3) is 6.08 Å². The average molecular weight is 341 g/mol. The number of anilines is 2. The maximum Gasteiger partial charge on any atom is 0.244 e. The Balaban J connectivity index is 1.73. The number of rotatable bonds is 8. The highest BCUT2D eigenvalue weighted by atomic mass is 16.5. The molecule has 1 aromatic carbocycles. The van der Waals surface area contributed by atoms with Gasteiger partial charge in [0.15, 0.2) is 5.82 Å². The first-order chi connectivity index (χ1) is 12.1. The van der Waals surface area contributed by atoms with Crippen molar-refractivity contribution >= 4 is 23.5 Å². The van der Waals surface area contributed by atoms with E-state index in [0.717, 1.165) is 17.0 Å². The van der Waals surface area contributed by atoms with Gasteiger partial charge < -0.3 is 20.3 Å². The Morgan fingerprint density at radius 2 is 2.00 bits per heavy atom. The van der Waals surface area contributed by atoms with Crippen molar-refractivity contribution in [3.05, 3.63) is 48.2 Å². The number of hydrogen-bond donors (Lipinski definition) is 2. The first kappa shape index (κ1) is 18.3. The second kappa shape index (κ2) is 9.27. The summed E-state index contributed by atoms with van der Waals surface area (Å²) in [7, 11) is 5.50. The number of hydrogen-bond acceptors (Lipinski definition) is 6. The first-order valence-corrected chi connectivity index (χ1v) is 7.92. The molecule has 0 aliphatic heterocycles. The number of methoxy groups -OCH3 is 1. The highest BCUT2D eigenvalue weighted by molar-refractivity contribution is 5.91. The SMILES string of the molecule is COc1ccc(/C=C/C(=O)NCCNc2cc(N(C)C)cnn2)cc1. The molecule has 132 valence electrons. The molecule has 0 fully saturated rings. The van der Waals surface area contributed by atoms with E-state index < -0.39 is 0 Å². The topological polar surface area (TPSA) is 79.4 Å². The molecule has 1 aromatic heterocycles. The second-order valence-corrected chi connectivity index (χ2v) is 5.52. The maximum atomic E-state index is 11.8. The molecule has 0 radical (unpaired) electrons. The van der Waals surface area contributed by atoms with Crippen LogP contribution in [0, 0.1) is 0 Å². The number of aromatic nitrogens is 2. The van der Waals surface area contributed by atoms with Crippen LogP contribution in [-0.2, 0) is 4.79 Å². The molecule has 0 aliphatic rings. The molecule has 0 saturated heterocycles. The molecule has 0 atom stereocenters. The van der Waals surface area contributed by atoms with Crippen LogP contribution in [0.1, 0.15) is 5.56 Å². The fourth-order valence-electron chi connectivity index (χ4n) is 2.01. The zero-order chi connectivity index (χ0) is 18.1. The van der Waals surface area contributed by atoms with E-state index in [1.807, 2.05) is 49.3 Å². The van der Waals surface area contributed by atoms with E-state index in [1.165, 1.54) is 6.08 Å². The monoisotopic (exact) mass is 341 g/mol. The lowest BCUT2D eigenvalue weighted by Crippen LogP contribution is -2.27. The lowest BCUT2D eigenvalue weighted by molar-refractivity contribution is -0.116. The summed E-state index contributed by atoms with van der Waals surface area (Å²) >= 11 is 0. The van der Waals surface area contributed by atoms with Crippen LogP contribution < -0.4 is 20.3 Å². The number of carbonyl (C=O) groups is 1. The predicted molar refractivity (Wildman–Crippen MR) is 99.9 cm³/mol. The molecule has 0 spiro atoms. The van der Waals surface area contributed by atoms with Crippen LogP contribution >= 0.6 is 0 Å². The van der Waals surface area contributed by atoms with Gasteiger partial charge in [0.2, 0.25) is 5.91 Å². The molecular weight excluding hydrogens is 318 g/mol. The van der Waals surface area contributed by atoms with Crippen molar-refractivity contribution in [3.8, 4) is 5.75 Å². The van der Waals surface area contributed by atoms with Gasteiger partial charge in [0.1, 0.15) is 5.75 Å². The van der Waals surface area contributed by atoms with E-state index in [2.05, 4.69) is 20.8 Å². The van der Waals surface area contributed by atoms with E-state index in [0.29, 0.717) is 18.9 Å². The minimum atomic E-state index is -0.147. The Bertz CT molecular complexity index is 714. The lowest BCUT2D eigenvalue weighted by atomic mass is 10.2. The summed E-state index contributed by atoms with van der Waals surface area (Å²) in [5.74, 6) is 1.31. The van der Waals surface area contributed by atoms with E-state index >= 15 is 0 Å². The van der Waals surface area contributed by atoms with Gasteiger partial charge in [-0.2, -0.15) is 5.10 Å². The number of carbonyl (C=O) groups excluding carboxylic acids is 1. The molecule has 2 aromatic rings. The molecule has 2 rings (SSSR count). The third kappa shape index (κ3) is 6.14. The van der Waals surface area contributed by atoms with E-state index in [-0.39, 0.29) is 5.91 Å². The zero-order valence-corrected chi connectivity index (χ0v) is 14.7. The van der Waals surface area contributed by atoms with Crippen molar-refractivity contribution < 1.29 is 9.53 Å². The summed E-state index contributed by atoms with van der Waals surface area (Å²) in [6, 6.07) is 9.38. The molecule has 0 saturated carbocycles. The molecule has 0 bridgehead atoms. The summed E-state index contributed by atoms with van der Waals surface area (Å²) in [4.78, 5) is 13.8. The molecule has 0 aliphatic carbocycles. The fraction of sp³-hybridized carbons (Fsp3) is 0.278. The summed E-state index contributed by atoms with van der Waals surface area (Å²) < 4.78 is 5.09. The quantitative estimate of drug-likeness (QED) is 0.563. The summed E-state index contributed by atoms with van der Waals surface area (Å²) in [6.45, 7) is 1.05. The third-order valence-electron chi connectivity index (χ3n) is 3.43. The summed E-state index contributed by atoms with van der Waals surface area (Å²) in [5, 5.41) is 13.9. The van der Waals surface area contributed by atoms with Gasteiger partial charge in [-0.25, -0.2) is 0 Å². The summed E-state index contributed by atoms with van der Waals surface area (Å²) in [6.07, 6.45) is 4.96. The van der Waals surface area contributed by atoms with Gasteiger partial charge in [-0.3, -0.25) is 4.79 Å². The van der Waals surface area contributed by atoms with Crippen molar-refractivity contribution in [2.24, 2.45) is 0 Å². The van der Waals surface area contributed by atoms with Gasteiger partial charge in [-0.05, 0) is 23.8 Å². The third-order valence-corrected chi connectivity index (χ3v) is 3.43. The summed E-state index contributed by atoms with van der Waals surface area (Å²) in [5.41, 5.74) is 1.90. The molecule has 2 N–H and O–H groups in total. The number of benzene rings is 1. The molecule has 25 heavy (non-hydrogen) atoms. The van der Waals surface area contributed by atoms with Crippen LogP contribution in [0.3, 0.4) is 0 Å². The predicted octanol–water partition coefficient (Wildman–Crippen LogP) is 1.79. The van der Waals surface area contributed by atoms with E-state index in [4.69, 9.17) is 4.74 Å². The molecule has 1 heterocycles. The van der Waals surface area contributed by atoms with Gasteiger partial charge in [0.05, 0.1) is 19.0 Å². The maximum absolute atomic E-state index is 11.8. The Hall–Kier alpha value is -3.09. The van der Waals surface area contributed by atoms with Gasteiger partial charge in [-0.1, -0.05) is 12.1 Å². The Morgan fingerprint density at radius 3 is 2.68 bits per heavy atom. The van der Waals surface area contributed by atoms with Crippen molar-refractivity contribution in [3.63, 3.8) is 0 Å². The van der Waals surface area contributed by atoms with Crippen LogP contribution in [-0.4, -0.2) is 50.4 Å². The van der Waals surface area contributed by atoms with Crippen LogP contribution in [0.2, 0.25) is 0 Å². The molecule has 7 heteroatoms. The molecule has 0 unspecified atom stereocenters. The highest BCUT2D eigenvalue weighted by Crippen LogP contribution is 2.13. The molecule has 7 nitrogen and oxygen atoms in total. The largest absolute Gasteiger partial charge is 0.497 e. The van der Waals surface area contributed by atoms with Crippen LogP contribution in [0.4, 0.5) is 11.5 Å². The van der Waals surface area contributed by atoms with Crippen molar-refractivity contribution in [1.82, 2.24) is 15.5 Å². The smallest absolute Gasteiger partial charge is 0.244 e. The first-order valence-electron chi connectivity index (χ1n) is 7.92. The molecule has 1 amide bonds. The number of nitrogens with one attached hydrogen (secondary N) is 2. The minimum Gasteiger partial charge on any atom is -0.497 e. The minimum absolute atomic E-state index is 0.147. The average Bonchev–Trinajstić information content (AvgIpc) is 2.64. The number of ether oxygens (including phenoxy) is 1. The fourth-order valence-corrected chi connectivity index (χ4v) is 2.01. The lowest BCUT2D eigenvalue weighted by Gasteiger charge is -2.12. The Kier molecular flexibility index (Phi) is 6.76. The van der Waals surface area contributed by atoms with E-state index in [9.17, 15) is 4.79 Å². The second-order valence-electron chi connectivity index (χ2n) is 5.52. The van der Waals surface area contributed by atoms with Gasteiger partial charge in [0.25, 0.3) is 0 Å².